The lowest BCUT2D eigenvalue weighted by Gasteiger charge is -2.21. The molecule has 2 rings (SSSR count). The van der Waals surface area contributed by atoms with Crippen LogP contribution in [0.2, 0.25) is 0 Å². The average Bonchev–Trinajstić information content (AvgIpc) is 2.39. The molecular formula is C16H18BrNO. The SMILES string of the molecule is CC(NC(C)c1ccccc1O)c1cccc(Br)c1. The van der Waals surface area contributed by atoms with Crippen LogP contribution in [0, 0.1) is 0 Å². The molecule has 100 valence electrons. The monoisotopic (exact) mass is 319 g/mol. The quantitative estimate of drug-likeness (QED) is 0.865. The lowest BCUT2D eigenvalue weighted by Crippen LogP contribution is -2.22. The molecular weight excluding hydrogens is 302 g/mol. The Hall–Kier alpha value is -1.32. The molecule has 0 saturated heterocycles. The smallest absolute Gasteiger partial charge is 0.120 e. The third kappa shape index (κ3) is 3.58. The normalized spacial score (nSPS) is 14.1. The second-order valence-corrected chi connectivity index (χ2v) is 5.64. The van der Waals surface area contributed by atoms with Crippen LogP contribution in [0.25, 0.3) is 0 Å². The number of hydrogen-bond acceptors (Lipinski definition) is 2. The van der Waals surface area contributed by atoms with Gasteiger partial charge in [-0.15, -0.1) is 0 Å². The molecule has 2 atom stereocenters. The summed E-state index contributed by atoms with van der Waals surface area (Å²) in [5, 5.41) is 13.4. The number of halogens is 1. The van der Waals surface area contributed by atoms with Crippen LogP contribution in [0.4, 0.5) is 0 Å². The minimum Gasteiger partial charge on any atom is -0.508 e. The summed E-state index contributed by atoms with van der Waals surface area (Å²) in [4.78, 5) is 0. The number of phenolic OH excluding ortho intramolecular Hbond substituents is 1. The first-order chi connectivity index (χ1) is 9.08. The Balaban J connectivity index is 2.11. The van der Waals surface area contributed by atoms with Crippen molar-refractivity contribution in [2.45, 2.75) is 25.9 Å². The second kappa shape index (κ2) is 6.22. The van der Waals surface area contributed by atoms with Crippen LogP contribution < -0.4 is 5.32 Å². The van der Waals surface area contributed by atoms with Crippen LogP contribution in [-0.4, -0.2) is 5.11 Å². The van der Waals surface area contributed by atoms with E-state index in [-0.39, 0.29) is 12.1 Å². The summed E-state index contributed by atoms with van der Waals surface area (Å²) >= 11 is 3.49. The van der Waals surface area contributed by atoms with Crippen LogP contribution in [0.5, 0.6) is 5.75 Å². The van der Waals surface area contributed by atoms with Crippen LogP contribution in [0.3, 0.4) is 0 Å². The fourth-order valence-electron chi connectivity index (χ4n) is 2.19. The zero-order valence-electron chi connectivity index (χ0n) is 11.1. The maximum Gasteiger partial charge on any atom is 0.120 e. The summed E-state index contributed by atoms with van der Waals surface area (Å²) in [6.45, 7) is 4.18. The van der Waals surface area contributed by atoms with Gasteiger partial charge in [-0.1, -0.05) is 46.3 Å². The van der Waals surface area contributed by atoms with Crippen LogP contribution in [0.1, 0.15) is 37.1 Å². The van der Waals surface area contributed by atoms with E-state index in [4.69, 9.17) is 0 Å². The Kier molecular flexibility index (Phi) is 4.61. The van der Waals surface area contributed by atoms with E-state index in [2.05, 4.69) is 47.2 Å². The highest BCUT2D eigenvalue weighted by molar-refractivity contribution is 9.10. The van der Waals surface area contributed by atoms with E-state index in [0.717, 1.165) is 10.0 Å². The number of aromatic hydroxyl groups is 1. The first-order valence-electron chi connectivity index (χ1n) is 6.37. The Bertz CT molecular complexity index is 556. The predicted octanol–water partition coefficient (Wildman–Crippen LogP) is 4.57. The van der Waals surface area contributed by atoms with Crippen molar-refractivity contribution in [2.24, 2.45) is 0 Å². The molecule has 0 amide bonds. The van der Waals surface area contributed by atoms with Gasteiger partial charge in [-0.2, -0.15) is 0 Å². The molecule has 19 heavy (non-hydrogen) atoms. The largest absolute Gasteiger partial charge is 0.508 e. The van der Waals surface area contributed by atoms with Crippen molar-refractivity contribution in [3.8, 4) is 5.75 Å². The molecule has 0 aliphatic carbocycles. The molecule has 2 N–H and O–H groups in total. The average molecular weight is 320 g/mol. The molecule has 0 heterocycles. The van der Waals surface area contributed by atoms with Gasteiger partial charge in [0.2, 0.25) is 0 Å². The van der Waals surface area contributed by atoms with Gasteiger partial charge < -0.3 is 10.4 Å². The van der Waals surface area contributed by atoms with Gasteiger partial charge in [-0.25, -0.2) is 0 Å². The minimum atomic E-state index is 0.0928. The fourth-order valence-corrected chi connectivity index (χ4v) is 2.61. The summed E-state index contributed by atoms with van der Waals surface area (Å²) in [7, 11) is 0. The molecule has 2 aromatic rings. The van der Waals surface area contributed by atoms with Crippen molar-refractivity contribution >= 4 is 15.9 Å². The summed E-state index contributed by atoms with van der Waals surface area (Å²) in [6.07, 6.45) is 0. The maximum absolute atomic E-state index is 9.86. The van der Waals surface area contributed by atoms with Gasteiger partial charge in [0.05, 0.1) is 0 Å². The summed E-state index contributed by atoms with van der Waals surface area (Å²) < 4.78 is 1.08. The van der Waals surface area contributed by atoms with Crippen LogP contribution in [0.15, 0.2) is 53.0 Å². The Labute approximate surface area is 122 Å². The number of nitrogens with one attached hydrogen (secondary N) is 1. The first-order valence-corrected chi connectivity index (χ1v) is 7.16. The van der Waals surface area contributed by atoms with Gasteiger partial charge >= 0.3 is 0 Å². The van der Waals surface area contributed by atoms with E-state index in [1.54, 1.807) is 6.07 Å². The molecule has 3 heteroatoms. The summed E-state index contributed by atoms with van der Waals surface area (Å²) in [6, 6.07) is 16.0. The van der Waals surface area contributed by atoms with Crippen molar-refractivity contribution < 1.29 is 5.11 Å². The molecule has 0 aromatic heterocycles. The predicted molar refractivity (Wildman–Crippen MR) is 82.2 cm³/mol. The molecule has 0 fully saturated rings. The third-order valence-corrected chi connectivity index (χ3v) is 3.75. The van der Waals surface area contributed by atoms with Crippen molar-refractivity contribution in [3.05, 3.63) is 64.1 Å². The maximum atomic E-state index is 9.86. The van der Waals surface area contributed by atoms with Gasteiger partial charge in [-0.3, -0.25) is 0 Å². The second-order valence-electron chi connectivity index (χ2n) is 4.72. The Morgan fingerprint density at radius 2 is 1.74 bits per heavy atom. The number of benzene rings is 2. The van der Waals surface area contributed by atoms with E-state index in [1.165, 1.54) is 5.56 Å². The van der Waals surface area contributed by atoms with Gasteiger partial charge in [0.1, 0.15) is 5.75 Å². The molecule has 0 spiro atoms. The van der Waals surface area contributed by atoms with Crippen molar-refractivity contribution in [2.75, 3.05) is 0 Å². The number of hydrogen-bond donors (Lipinski definition) is 2. The molecule has 2 unspecified atom stereocenters. The van der Waals surface area contributed by atoms with Gasteiger partial charge in [0.15, 0.2) is 0 Å². The molecule has 2 aromatic carbocycles. The molecule has 0 saturated carbocycles. The highest BCUT2D eigenvalue weighted by Gasteiger charge is 2.13. The van der Waals surface area contributed by atoms with Crippen molar-refractivity contribution in [1.29, 1.82) is 0 Å². The summed E-state index contributed by atoms with van der Waals surface area (Å²) in [5.41, 5.74) is 2.14. The number of phenols is 1. The van der Waals surface area contributed by atoms with E-state index in [0.29, 0.717) is 5.75 Å². The minimum absolute atomic E-state index is 0.0928. The van der Waals surface area contributed by atoms with Crippen molar-refractivity contribution in [1.82, 2.24) is 5.32 Å². The molecule has 0 radical (unpaired) electrons. The van der Waals surface area contributed by atoms with E-state index in [1.807, 2.05) is 30.3 Å². The van der Waals surface area contributed by atoms with Crippen LogP contribution in [-0.2, 0) is 0 Å². The zero-order chi connectivity index (χ0) is 13.8. The van der Waals surface area contributed by atoms with Crippen molar-refractivity contribution in [3.63, 3.8) is 0 Å². The lowest BCUT2D eigenvalue weighted by atomic mass is 10.0. The standard InChI is InChI=1S/C16H18BrNO/c1-11(13-6-5-7-14(17)10-13)18-12(2)15-8-3-4-9-16(15)19/h3-12,18-19H,1-2H3. The zero-order valence-corrected chi connectivity index (χ0v) is 12.7. The molecule has 0 bridgehead atoms. The molecule has 0 aliphatic heterocycles. The van der Waals surface area contributed by atoms with Gasteiger partial charge in [0.25, 0.3) is 0 Å². The number of para-hydroxylation sites is 1. The number of rotatable bonds is 4. The first kappa shape index (κ1) is 14.1. The topological polar surface area (TPSA) is 32.3 Å². The Morgan fingerprint density at radius 1 is 1.00 bits per heavy atom. The van der Waals surface area contributed by atoms with Gasteiger partial charge in [0, 0.05) is 22.1 Å². The highest BCUT2D eigenvalue weighted by Crippen LogP contribution is 2.26. The fraction of sp³-hybridized carbons (Fsp3) is 0.250. The highest BCUT2D eigenvalue weighted by atomic mass is 79.9. The van der Waals surface area contributed by atoms with E-state index in [9.17, 15) is 5.11 Å². The molecule has 2 nitrogen and oxygen atoms in total. The summed E-state index contributed by atoms with van der Waals surface area (Å²) in [5.74, 6) is 0.337. The van der Waals surface area contributed by atoms with Gasteiger partial charge in [-0.05, 0) is 37.6 Å². The Morgan fingerprint density at radius 3 is 2.42 bits per heavy atom. The van der Waals surface area contributed by atoms with E-state index >= 15 is 0 Å². The van der Waals surface area contributed by atoms with E-state index < -0.39 is 0 Å². The third-order valence-electron chi connectivity index (χ3n) is 3.25. The lowest BCUT2D eigenvalue weighted by molar-refractivity contribution is 0.438. The van der Waals surface area contributed by atoms with Crippen LogP contribution >= 0.6 is 15.9 Å². The molecule has 0 aliphatic rings.